The van der Waals surface area contributed by atoms with E-state index >= 15 is 0 Å². The van der Waals surface area contributed by atoms with Crippen molar-refractivity contribution in [2.45, 2.75) is 39.3 Å². The van der Waals surface area contributed by atoms with Crippen LogP contribution in [0.5, 0.6) is 0 Å². The fraction of sp³-hybridized carbons (Fsp3) is 0.632. The van der Waals surface area contributed by atoms with Crippen LogP contribution in [-0.2, 0) is 16.6 Å². The van der Waals surface area contributed by atoms with Crippen LogP contribution in [0.2, 0.25) is 0 Å². The van der Waals surface area contributed by atoms with Crippen molar-refractivity contribution >= 4 is 21.7 Å². The maximum absolute atomic E-state index is 12.0. The Hall–Kier alpha value is -1.80. The van der Waals surface area contributed by atoms with E-state index < -0.39 is 10.0 Å². The predicted octanol–water partition coefficient (Wildman–Crippen LogP) is 1.54. The number of benzene rings is 1. The second-order valence-electron chi connectivity index (χ2n) is 7.15. The van der Waals surface area contributed by atoms with Crippen molar-refractivity contribution in [1.82, 2.24) is 14.9 Å². The smallest absolute Gasteiger partial charge is 0.213 e. The number of aryl methyl sites for hydroxylation is 1. The molecule has 0 atom stereocenters. The zero-order valence-corrected chi connectivity index (χ0v) is 17.9. The number of piperidine rings is 1. The highest BCUT2D eigenvalue weighted by Gasteiger charge is 2.26. The van der Waals surface area contributed by atoms with Crippen LogP contribution < -0.4 is 15.5 Å². The Morgan fingerprint density at radius 2 is 1.96 bits per heavy atom. The van der Waals surface area contributed by atoms with Crippen LogP contribution in [0.15, 0.2) is 23.2 Å². The first-order chi connectivity index (χ1) is 12.8. The molecule has 1 heterocycles. The van der Waals surface area contributed by atoms with E-state index in [1.165, 1.54) is 16.8 Å². The fourth-order valence-electron chi connectivity index (χ4n) is 3.18. The van der Waals surface area contributed by atoms with Crippen LogP contribution in [0.4, 0.5) is 5.69 Å². The van der Waals surface area contributed by atoms with Gasteiger partial charge in [-0.1, -0.05) is 6.07 Å². The summed E-state index contributed by atoms with van der Waals surface area (Å²) in [4.78, 5) is 6.40. The number of guanidine groups is 1. The van der Waals surface area contributed by atoms with E-state index in [2.05, 4.69) is 45.6 Å². The maximum Gasteiger partial charge on any atom is 0.213 e. The van der Waals surface area contributed by atoms with Crippen LogP contribution in [0.1, 0.15) is 30.9 Å². The summed E-state index contributed by atoms with van der Waals surface area (Å²) in [7, 11) is 2.75. The van der Waals surface area contributed by atoms with Gasteiger partial charge < -0.3 is 15.5 Å². The summed E-state index contributed by atoms with van der Waals surface area (Å²) in [5.74, 6) is 0.920. The Bertz CT molecular complexity index is 753. The lowest BCUT2D eigenvalue weighted by atomic mass is 10.1. The van der Waals surface area contributed by atoms with Gasteiger partial charge in [-0.25, -0.2) is 12.7 Å². The number of rotatable bonds is 6. The Morgan fingerprint density at radius 3 is 2.48 bits per heavy atom. The Balaban J connectivity index is 1.87. The van der Waals surface area contributed by atoms with Crippen LogP contribution in [0, 0.1) is 6.92 Å². The molecule has 27 heavy (non-hydrogen) atoms. The van der Waals surface area contributed by atoms with Gasteiger partial charge >= 0.3 is 0 Å². The van der Waals surface area contributed by atoms with Crippen molar-refractivity contribution < 1.29 is 8.42 Å². The van der Waals surface area contributed by atoms with E-state index in [0.717, 1.165) is 18.8 Å². The first-order valence-electron chi connectivity index (χ1n) is 9.48. The molecular formula is C19H33N5O2S. The van der Waals surface area contributed by atoms with Gasteiger partial charge in [-0.15, -0.1) is 0 Å². The molecule has 2 N–H and O–H groups in total. The summed E-state index contributed by atoms with van der Waals surface area (Å²) in [5, 5.41) is 6.79. The van der Waals surface area contributed by atoms with Crippen molar-refractivity contribution in [3.8, 4) is 0 Å². The van der Waals surface area contributed by atoms with Crippen LogP contribution >= 0.6 is 0 Å². The van der Waals surface area contributed by atoms with Gasteiger partial charge in [-0.05, 0) is 49.9 Å². The lowest BCUT2D eigenvalue weighted by Crippen LogP contribution is -2.49. The van der Waals surface area contributed by atoms with Crippen molar-refractivity contribution in [1.29, 1.82) is 0 Å². The van der Waals surface area contributed by atoms with E-state index in [1.807, 2.05) is 14.1 Å². The topological polar surface area (TPSA) is 77.0 Å². The molecule has 2 rings (SSSR count). The molecule has 1 aromatic carbocycles. The molecule has 0 saturated carbocycles. The molecule has 152 valence electrons. The fourth-order valence-corrected chi connectivity index (χ4v) is 4.32. The van der Waals surface area contributed by atoms with Crippen molar-refractivity contribution in [2.75, 3.05) is 44.9 Å². The minimum Gasteiger partial charge on any atom is -0.378 e. The number of nitrogens with zero attached hydrogens (tertiary/aromatic N) is 3. The van der Waals surface area contributed by atoms with Gasteiger partial charge in [0, 0.05) is 52.5 Å². The molecule has 0 unspecified atom stereocenters. The summed E-state index contributed by atoms with van der Waals surface area (Å²) in [6.45, 7) is 5.64. The lowest BCUT2D eigenvalue weighted by Gasteiger charge is -2.32. The summed E-state index contributed by atoms with van der Waals surface area (Å²) < 4.78 is 25.5. The summed E-state index contributed by atoms with van der Waals surface area (Å²) in [6, 6.07) is 6.66. The Kier molecular flexibility index (Phi) is 7.49. The van der Waals surface area contributed by atoms with Gasteiger partial charge in [-0.2, -0.15) is 0 Å². The number of hydrogen-bond donors (Lipinski definition) is 2. The molecule has 1 aliphatic rings. The third-order valence-electron chi connectivity index (χ3n) is 5.07. The number of sulfonamides is 1. The van der Waals surface area contributed by atoms with Crippen molar-refractivity contribution in [3.05, 3.63) is 29.3 Å². The molecule has 1 aromatic rings. The second kappa shape index (κ2) is 9.41. The minimum atomic E-state index is -3.08. The molecular weight excluding hydrogens is 362 g/mol. The molecule has 1 saturated heterocycles. The van der Waals surface area contributed by atoms with E-state index in [4.69, 9.17) is 0 Å². The first-order valence-corrected chi connectivity index (χ1v) is 11.1. The van der Waals surface area contributed by atoms with Crippen molar-refractivity contribution in [2.24, 2.45) is 4.99 Å². The van der Waals surface area contributed by atoms with E-state index in [0.29, 0.717) is 19.6 Å². The molecule has 0 amide bonds. The van der Waals surface area contributed by atoms with Gasteiger partial charge in [0.15, 0.2) is 5.96 Å². The Morgan fingerprint density at radius 1 is 1.30 bits per heavy atom. The quantitative estimate of drug-likeness (QED) is 0.564. The van der Waals surface area contributed by atoms with E-state index in [-0.39, 0.29) is 11.8 Å². The number of anilines is 1. The zero-order chi connectivity index (χ0) is 20.0. The summed E-state index contributed by atoms with van der Waals surface area (Å²) >= 11 is 0. The van der Waals surface area contributed by atoms with Gasteiger partial charge in [-0.3, -0.25) is 4.99 Å². The lowest BCUT2D eigenvalue weighted by molar-refractivity contribution is 0.306. The highest BCUT2D eigenvalue weighted by Crippen LogP contribution is 2.17. The monoisotopic (exact) mass is 395 g/mol. The standard InChI is InChI=1S/C19H33N5O2S/c1-6-27(25,26)24-11-9-17(10-12-24)22-19(20-3)21-14-16-7-8-18(23(4)5)13-15(16)2/h7-8,13,17H,6,9-12,14H2,1-5H3,(H2,20,21,22). The van der Waals surface area contributed by atoms with Gasteiger partial charge in [0.1, 0.15) is 0 Å². The SMILES string of the molecule is CCS(=O)(=O)N1CCC(NC(=NC)NCc2ccc(N(C)C)cc2C)CC1. The summed E-state index contributed by atoms with van der Waals surface area (Å²) in [5.41, 5.74) is 3.65. The second-order valence-corrected chi connectivity index (χ2v) is 9.41. The minimum absolute atomic E-state index is 0.167. The maximum atomic E-state index is 12.0. The molecule has 0 aromatic heterocycles. The molecule has 0 aliphatic carbocycles. The molecule has 0 spiro atoms. The zero-order valence-electron chi connectivity index (χ0n) is 17.1. The van der Waals surface area contributed by atoms with E-state index in [9.17, 15) is 8.42 Å². The van der Waals surface area contributed by atoms with Crippen LogP contribution in [0.3, 0.4) is 0 Å². The van der Waals surface area contributed by atoms with Crippen molar-refractivity contribution in [3.63, 3.8) is 0 Å². The average Bonchev–Trinajstić information content (AvgIpc) is 2.66. The third kappa shape index (κ3) is 5.84. The molecule has 1 aliphatic heterocycles. The summed E-state index contributed by atoms with van der Waals surface area (Å²) in [6.07, 6.45) is 1.58. The number of hydrogen-bond acceptors (Lipinski definition) is 4. The van der Waals surface area contributed by atoms with Gasteiger partial charge in [0.05, 0.1) is 5.75 Å². The highest BCUT2D eigenvalue weighted by atomic mass is 32.2. The molecule has 7 nitrogen and oxygen atoms in total. The Labute approximate surface area is 163 Å². The highest BCUT2D eigenvalue weighted by molar-refractivity contribution is 7.89. The number of nitrogens with one attached hydrogen (secondary N) is 2. The van der Waals surface area contributed by atoms with Crippen LogP contribution in [0.25, 0.3) is 0 Å². The number of aliphatic imine (C=N–C) groups is 1. The molecule has 0 radical (unpaired) electrons. The third-order valence-corrected chi connectivity index (χ3v) is 6.95. The average molecular weight is 396 g/mol. The predicted molar refractivity (Wildman–Crippen MR) is 113 cm³/mol. The largest absolute Gasteiger partial charge is 0.378 e. The molecule has 1 fully saturated rings. The molecule has 0 bridgehead atoms. The molecule has 8 heteroatoms. The normalized spacial score (nSPS) is 17.0. The first kappa shape index (κ1) is 21.5. The van der Waals surface area contributed by atoms with Gasteiger partial charge in [0.25, 0.3) is 0 Å². The van der Waals surface area contributed by atoms with Gasteiger partial charge in [0.2, 0.25) is 10.0 Å². The van der Waals surface area contributed by atoms with Crippen LogP contribution in [-0.4, -0.2) is 64.7 Å². The van der Waals surface area contributed by atoms with E-state index in [1.54, 1.807) is 18.3 Å².